The monoisotopic (exact) mass is 353 g/mol. The van der Waals surface area contributed by atoms with E-state index in [9.17, 15) is 23.6 Å². The molecule has 2 saturated carbocycles. The smallest absolute Gasteiger partial charge is 0.336 e. The van der Waals surface area contributed by atoms with Crippen LogP contribution in [-0.2, 0) is 9.53 Å². The molecular formula is C16H20FN3O5. The number of halogens is 1. The van der Waals surface area contributed by atoms with E-state index in [1.807, 2.05) is 0 Å². The molecule has 2 fully saturated rings. The van der Waals surface area contributed by atoms with Crippen LogP contribution in [0.1, 0.15) is 33.1 Å². The Bertz CT molecular complexity index is 815. The minimum Gasteiger partial charge on any atom is -0.463 e. The number of aromatic amines is 1. The minimum atomic E-state index is -1.24. The van der Waals surface area contributed by atoms with Crippen molar-refractivity contribution < 1.29 is 18.7 Å². The van der Waals surface area contributed by atoms with Gasteiger partial charge in [-0.3, -0.25) is 14.6 Å². The van der Waals surface area contributed by atoms with Crippen molar-refractivity contribution in [3.8, 4) is 0 Å². The van der Waals surface area contributed by atoms with Crippen LogP contribution in [0.3, 0.4) is 0 Å². The first kappa shape index (κ1) is 17.4. The van der Waals surface area contributed by atoms with Crippen LogP contribution < -0.4 is 16.6 Å². The third kappa shape index (κ3) is 3.22. The van der Waals surface area contributed by atoms with E-state index in [1.54, 1.807) is 18.8 Å². The number of aromatic nitrogens is 2. The maximum atomic E-state index is 13.4. The molecule has 3 rings (SSSR count). The molecule has 0 aromatic carbocycles. The van der Waals surface area contributed by atoms with Gasteiger partial charge in [0.05, 0.1) is 18.2 Å². The first-order valence-corrected chi connectivity index (χ1v) is 8.30. The van der Waals surface area contributed by atoms with Gasteiger partial charge >= 0.3 is 17.7 Å². The molecule has 2 N–H and O–H groups in total. The quantitative estimate of drug-likeness (QED) is 0.773. The Balaban J connectivity index is 1.82. The fourth-order valence-electron chi connectivity index (χ4n) is 3.96. The Morgan fingerprint density at radius 1 is 1.32 bits per heavy atom. The third-order valence-corrected chi connectivity index (χ3v) is 4.95. The van der Waals surface area contributed by atoms with E-state index in [0.29, 0.717) is 10.8 Å². The number of carbonyl (C=O) groups is 2. The van der Waals surface area contributed by atoms with E-state index >= 15 is 0 Å². The molecule has 136 valence electrons. The fourth-order valence-corrected chi connectivity index (χ4v) is 3.96. The van der Waals surface area contributed by atoms with Crippen LogP contribution in [0.25, 0.3) is 0 Å². The molecule has 0 saturated heterocycles. The molecule has 1 amide bonds. The number of hydrogen-bond donors (Lipinski definition) is 2. The topological polar surface area (TPSA) is 110 Å². The summed E-state index contributed by atoms with van der Waals surface area (Å²) in [5, 5.41) is 2.65. The van der Waals surface area contributed by atoms with Gasteiger partial charge in [0.25, 0.3) is 5.56 Å². The number of nitrogens with one attached hydrogen (secondary N) is 2. The van der Waals surface area contributed by atoms with Crippen molar-refractivity contribution in [3.05, 3.63) is 32.9 Å². The van der Waals surface area contributed by atoms with Gasteiger partial charge in [0.15, 0.2) is 0 Å². The molecule has 1 aromatic heterocycles. The molecule has 25 heavy (non-hydrogen) atoms. The van der Waals surface area contributed by atoms with Crippen molar-refractivity contribution in [3.63, 3.8) is 0 Å². The van der Waals surface area contributed by atoms with Crippen molar-refractivity contribution >= 4 is 12.0 Å². The van der Waals surface area contributed by atoms with Crippen LogP contribution in [0.2, 0.25) is 0 Å². The average molecular weight is 353 g/mol. The number of fused-ring (bicyclic) bond motifs is 2. The molecule has 0 aliphatic heterocycles. The molecule has 4 atom stereocenters. The molecule has 1 heterocycles. The highest BCUT2D eigenvalue weighted by molar-refractivity contribution is 5.79. The van der Waals surface area contributed by atoms with E-state index < -0.39 is 35.1 Å². The van der Waals surface area contributed by atoms with Crippen LogP contribution in [0.4, 0.5) is 9.18 Å². The Kier molecular flexibility index (Phi) is 4.49. The average Bonchev–Trinajstić information content (AvgIpc) is 3.11. The summed E-state index contributed by atoms with van der Waals surface area (Å²) in [6.07, 6.45) is 2.85. The van der Waals surface area contributed by atoms with Gasteiger partial charge in [-0.05, 0) is 44.9 Å². The zero-order valence-corrected chi connectivity index (χ0v) is 14.0. The fraction of sp³-hybridized carbons (Fsp3) is 0.625. The number of esters is 1. The van der Waals surface area contributed by atoms with Crippen molar-refractivity contribution in [2.75, 3.05) is 0 Å². The Morgan fingerprint density at radius 2 is 2.00 bits per heavy atom. The third-order valence-electron chi connectivity index (χ3n) is 4.95. The van der Waals surface area contributed by atoms with Crippen LogP contribution in [-0.4, -0.2) is 33.7 Å². The van der Waals surface area contributed by atoms with Gasteiger partial charge in [0, 0.05) is 6.04 Å². The number of rotatable bonds is 3. The molecule has 0 spiro atoms. The summed E-state index contributed by atoms with van der Waals surface area (Å²) in [6.45, 7) is 3.50. The highest BCUT2D eigenvalue weighted by Gasteiger charge is 2.52. The molecule has 2 bridgehead atoms. The number of hydrogen-bond acceptors (Lipinski definition) is 5. The lowest BCUT2D eigenvalue weighted by atomic mass is 9.84. The molecule has 4 unspecified atom stereocenters. The number of carbonyl (C=O) groups excluding carboxylic acids is 2. The van der Waals surface area contributed by atoms with Gasteiger partial charge in [-0.25, -0.2) is 14.2 Å². The number of H-pyrrole nitrogens is 1. The molecule has 0 radical (unpaired) electrons. The second kappa shape index (κ2) is 6.45. The lowest BCUT2D eigenvalue weighted by Gasteiger charge is -2.30. The van der Waals surface area contributed by atoms with Crippen molar-refractivity contribution in [2.24, 2.45) is 17.8 Å². The summed E-state index contributed by atoms with van der Waals surface area (Å²) in [7, 11) is 0. The highest BCUT2D eigenvalue weighted by Crippen LogP contribution is 2.49. The highest BCUT2D eigenvalue weighted by atomic mass is 19.1. The van der Waals surface area contributed by atoms with Crippen molar-refractivity contribution in [1.29, 1.82) is 0 Å². The van der Waals surface area contributed by atoms with E-state index in [2.05, 4.69) is 5.32 Å². The maximum absolute atomic E-state index is 13.4. The molecule has 2 aliphatic rings. The lowest BCUT2D eigenvalue weighted by Crippen LogP contribution is -2.51. The van der Waals surface area contributed by atoms with E-state index in [4.69, 9.17) is 4.74 Å². The van der Waals surface area contributed by atoms with Crippen LogP contribution in [0.15, 0.2) is 15.8 Å². The number of amides is 1. The van der Waals surface area contributed by atoms with Gasteiger partial charge in [0.1, 0.15) is 0 Å². The number of nitrogens with zero attached hydrogens (tertiary/aromatic N) is 1. The molecule has 8 nitrogen and oxygen atoms in total. The summed E-state index contributed by atoms with van der Waals surface area (Å²) >= 11 is 0. The normalized spacial score (nSPS) is 27.5. The first-order chi connectivity index (χ1) is 11.8. The van der Waals surface area contributed by atoms with Crippen molar-refractivity contribution in [1.82, 2.24) is 14.9 Å². The first-order valence-electron chi connectivity index (χ1n) is 8.30. The second-order valence-electron chi connectivity index (χ2n) is 6.93. The zero-order chi connectivity index (χ0) is 18.3. The Morgan fingerprint density at radius 3 is 2.68 bits per heavy atom. The molecule has 2 aliphatic carbocycles. The Labute approximate surface area is 142 Å². The molecule has 9 heteroatoms. The summed E-state index contributed by atoms with van der Waals surface area (Å²) in [5.74, 6) is -1.84. The predicted molar refractivity (Wildman–Crippen MR) is 84.5 cm³/mol. The van der Waals surface area contributed by atoms with Gasteiger partial charge in [-0.15, -0.1) is 0 Å². The van der Waals surface area contributed by atoms with Gasteiger partial charge in [-0.2, -0.15) is 4.39 Å². The van der Waals surface area contributed by atoms with Crippen LogP contribution in [0, 0.1) is 23.6 Å². The zero-order valence-electron chi connectivity index (χ0n) is 14.0. The maximum Gasteiger partial charge on any atom is 0.336 e. The van der Waals surface area contributed by atoms with Gasteiger partial charge < -0.3 is 10.1 Å². The number of ether oxygens (including phenoxy) is 1. The molecule has 1 aromatic rings. The van der Waals surface area contributed by atoms with Gasteiger partial charge in [-0.1, -0.05) is 0 Å². The minimum absolute atomic E-state index is 0.113. The lowest BCUT2D eigenvalue weighted by molar-refractivity contribution is -0.155. The summed E-state index contributed by atoms with van der Waals surface area (Å²) < 4.78 is 19.1. The van der Waals surface area contributed by atoms with Crippen LogP contribution in [0.5, 0.6) is 0 Å². The summed E-state index contributed by atoms with van der Waals surface area (Å²) in [4.78, 5) is 49.3. The summed E-state index contributed by atoms with van der Waals surface area (Å²) in [5.41, 5.74) is -2.22. The van der Waals surface area contributed by atoms with Crippen LogP contribution >= 0.6 is 0 Å². The van der Waals surface area contributed by atoms with E-state index in [-0.39, 0.29) is 23.9 Å². The van der Waals surface area contributed by atoms with E-state index in [0.717, 1.165) is 19.3 Å². The molecular weight excluding hydrogens is 333 g/mol. The predicted octanol–water partition coefficient (Wildman–Crippen LogP) is 0.600. The van der Waals surface area contributed by atoms with Crippen molar-refractivity contribution in [2.45, 2.75) is 45.3 Å². The van der Waals surface area contributed by atoms with E-state index in [1.165, 1.54) is 0 Å². The standard InChI is InChI=1S/C16H20FN3O5/c1-7(2)25-14(22)11-8-3-4-9(5-8)12(11)18-15(23)20-6-10(17)13(21)19-16(20)24/h6-9,11-12H,3-5H2,1-2H3,(H,18,23)(H,19,21,24). The Hall–Kier alpha value is -2.45. The SMILES string of the molecule is CC(C)OC(=O)C1C2CCC(C2)C1NC(=O)n1cc(F)c(=O)[nH]c1=O. The second-order valence-corrected chi connectivity index (χ2v) is 6.93. The van der Waals surface area contributed by atoms with Gasteiger partial charge in [0.2, 0.25) is 5.82 Å². The summed E-state index contributed by atoms with van der Waals surface area (Å²) in [6, 6.07) is -1.35. The largest absolute Gasteiger partial charge is 0.463 e.